The highest BCUT2D eigenvalue weighted by Crippen LogP contribution is 2.17. The minimum absolute atomic E-state index is 0.0360. The largest absolute Gasteiger partial charge is 0.387 e. The molecule has 0 amide bonds. The molecule has 0 aliphatic carbocycles. The smallest absolute Gasteiger partial charge is 0.209 e. The van der Waals surface area contributed by atoms with E-state index in [1.165, 1.54) is 0 Å². The van der Waals surface area contributed by atoms with E-state index < -0.39 is 16.1 Å². The monoisotopic (exact) mass is 341 g/mol. The molecule has 6 nitrogen and oxygen atoms in total. The van der Waals surface area contributed by atoms with E-state index in [-0.39, 0.29) is 5.75 Å². The van der Waals surface area contributed by atoms with Gasteiger partial charge in [-0.2, -0.15) is 0 Å². The van der Waals surface area contributed by atoms with Gasteiger partial charge in [0.2, 0.25) is 10.0 Å². The van der Waals surface area contributed by atoms with E-state index in [1.807, 2.05) is 30.3 Å². The van der Waals surface area contributed by atoms with Gasteiger partial charge in [0.15, 0.2) is 0 Å². The van der Waals surface area contributed by atoms with Gasteiger partial charge in [-0.15, -0.1) is 0 Å². The second kappa shape index (κ2) is 8.21. The number of hydrogen-bond donors (Lipinski definition) is 2. The highest BCUT2D eigenvalue weighted by molar-refractivity contribution is 7.89. The Morgan fingerprint density at radius 1 is 1.30 bits per heavy atom. The predicted octanol–water partition coefficient (Wildman–Crippen LogP) is 0.405. The topological polar surface area (TPSA) is 86.9 Å². The molecular formula is C16H27N3O3S. The zero-order valence-electron chi connectivity index (χ0n) is 13.6. The van der Waals surface area contributed by atoms with Crippen molar-refractivity contribution in [3.8, 4) is 0 Å². The summed E-state index contributed by atoms with van der Waals surface area (Å²) in [5.41, 5.74) is 0.940. The molecule has 0 spiro atoms. The van der Waals surface area contributed by atoms with Crippen molar-refractivity contribution in [2.75, 3.05) is 38.5 Å². The third kappa shape index (κ3) is 6.19. The van der Waals surface area contributed by atoms with Gasteiger partial charge in [-0.05, 0) is 25.5 Å². The van der Waals surface area contributed by atoms with E-state index in [2.05, 4.69) is 16.7 Å². The number of nitrogens with two attached hydrogens (primary N) is 1. The summed E-state index contributed by atoms with van der Waals surface area (Å²) in [4.78, 5) is 4.55. The zero-order chi connectivity index (χ0) is 16.9. The lowest BCUT2D eigenvalue weighted by molar-refractivity contribution is 0.0390. The van der Waals surface area contributed by atoms with Crippen LogP contribution < -0.4 is 5.14 Å². The molecule has 3 N–H and O–H groups in total. The van der Waals surface area contributed by atoms with Crippen molar-refractivity contribution in [2.24, 2.45) is 5.14 Å². The van der Waals surface area contributed by atoms with Crippen LogP contribution in [0.25, 0.3) is 0 Å². The fourth-order valence-electron chi connectivity index (χ4n) is 3.04. The van der Waals surface area contributed by atoms with E-state index in [4.69, 9.17) is 5.14 Å². The van der Waals surface area contributed by atoms with E-state index in [9.17, 15) is 13.5 Å². The molecule has 23 heavy (non-hydrogen) atoms. The molecule has 1 heterocycles. The lowest BCUT2D eigenvalue weighted by Gasteiger charge is -2.40. The standard InChI is InChI=1S/C16H27N3O3S/c1-14-12-18(8-5-11-23(17,21)22)9-10-19(14)13-16(20)15-6-3-2-4-7-15/h2-4,6-7,14,16,20H,5,8-13H2,1H3,(H2,17,21,22). The number of piperazine rings is 1. The molecule has 1 saturated heterocycles. The van der Waals surface area contributed by atoms with Crippen LogP contribution >= 0.6 is 0 Å². The number of primary sulfonamides is 1. The highest BCUT2D eigenvalue weighted by atomic mass is 32.2. The third-order valence-corrected chi connectivity index (χ3v) is 5.20. The fourth-order valence-corrected chi connectivity index (χ4v) is 3.57. The predicted molar refractivity (Wildman–Crippen MR) is 91.5 cm³/mol. The molecule has 1 aliphatic heterocycles. The minimum atomic E-state index is -3.37. The second-order valence-corrected chi connectivity index (χ2v) is 8.03. The van der Waals surface area contributed by atoms with E-state index in [1.54, 1.807) is 0 Å². The number of aliphatic hydroxyl groups is 1. The van der Waals surface area contributed by atoms with Crippen molar-refractivity contribution in [1.29, 1.82) is 0 Å². The highest BCUT2D eigenvalue weighted by Gasteiger charge is 2.25. The first kappa shape index (κ1) is 18.4. The molecule has 130 valence electrons. The number of aliphatic hydroxyl groups excluding tert-OH is 1. The quantitative estimate of drug-likeness (QED) is 0.750. The van der Waals surface area contributed by atoms with E-state index in [0.717, 1.165) is 31.7 Å². The first-order valence-corrected chi connectivity index (χ1v) is 9.76. The van der Waals surface area contributed by atoms with Crippen LogP contribution in [0.1, 0.15) is 25.0 Å². The molecule has 7 heteroatoms. The Morgan fingerprint density at radius 3 is 2.61 bits per heavy atom. The van der Waals surface area contributed by atoms with E-state index in [0.29, 0.717) is 19.0 Å². The van der Waals surface area contributed by atoms with Crippen molar-refractivity contribution in [3.63, 3.8) is 0 Å². The van der Waals surface area contributed by atoms with Crippen molar-refractivity contribution >= 4 is 10.0 Å². The van der Waals surface area contributed by atoms with Crippen LogP contribution in [0.15, 0.2) is 30.3 Å². The summed E-state index contributed by atoms with van der Waals surface area (Å²) in [6.07, 6.45) is 0.0886. The van der Waals surface area contributed by atoms with Gasteiger partial charge < -0.3 is 10.0 Å². The van der Waals surface area contributed by atoms with Gasteiger partial charge in [0, 0.05) is 32.2 Å². The molecule has 2 unspecified atom stereocenters. The Hall–Kier alpha value is -0.990. The maximum absolute atomic E-state index is 11.0. The third-order valence-electron chi connectivity index (χ3n) is 4.34. The second-order valence-electron chi connectivity index (χ2n) is 6.29. The van der Waals surface area contributed by atoms with Crippen LogP contribution in [0.3, 0.4) is 0 Å². The first-order chi connectivity index (χ1) is 10.8. The molecule has 1 aliphatic rings. The van der Waals surface area contributed by atoms with Crippen LogP contribution in [0, 0.1) is 0 Å². The molecule has 0 bridgehead atoms. The van der Waals surface area contributed by atoms with Gasteiger partial charge >= 0.3 is 0 Å². The van der Waals surface area contributed by atoms with Crippen LogP contribution in [-0.4, -0.2) is 67.8 Å². The first-order valence-electron chi connectivity index (χ1n) is 8.05. The van der Waals surface area contributed by atoms with Crippen molar-refractivity contribution in [2.45, 2.75) is 25.5 Å². The lowest BCUT2D eigenvalue weighted by atomic mass is 10.1. The number of nitrogens with zero attached hydrogens (tertiary/aromatic N) is 2. The average molecular weight is 341 g/mol. The Labute approximate surface area is 138 Å². The average Bonchev–Trinajstić information content (AvgIpc) is 2.49. The van der Waals surface area contributed by atoms with Crippen LogP contribution in [0.2, 0.25) is 0 Å². The fraction of sp³-hybridized carbons (Fsp3) is 0.625. The van der Waals surface area contributed by atoms with Gasteiger partial charge in [-0.3, -0.25) is 4.90 Å². The normalized spacial score (nSPS) is 22.1. The molecule has 1 aromatic carbocycles. The van der Waals surface area contributed by atoms with Gasteiger partial charge in [0.1, 0.15) is 0 Å². The van der Waals surface area contributed by atoms with Crippen LogP contribution in [0.4, 0.5) is 0 Å². The molecule has 2 atom stereocenters. The molecule has 1 aromatic rings. The summed E-state index contributed by atoms with van der Waals surface area (Å²) >= 11 is 0. The summed E-state index contributed by atoms with van der Waals surface area (Å²) in [6.45, 7) is 6.15. The molecule has 0 radical (unpaired) electrons. The number of benzene rings is 1. The van der Waals surface area contributed by atoms with Crippen LogP contribution in [0.5, 0.6) is 0 Å². The summed E-state index contributed by atoms with van der Waals surface area (Å²) in [5.74, 6) is 0.0360. The maximum Gasteiger partial charge on any atom is 0.209 e. The summed E-state index contributed by atoms with van der Waals surface area (Å²) in [7, 11) is -3.37. The Morgan fingerprint density at radius 2 is 2.00 bits per heavy atom. The molecular weight excluding hydrogens is 314 g/mol. The molecule has 0 aromatic heterocycles. The van der Waals surface area contributed by atoms with Crippen molar-refractivity contribution in [3.05, 3.63) is 35.9 Å². The summed E-state index contributed by atoms with van der Waals surface area (Å²) in [5, 5.41) is 15.4. The number of rotatable bonds is 7. The summed E-state index contributed by atoms with van der Waals surface area (Å²) in [6, 6.07) is 10.0. The zero-order valence-corrected chi connectivity index (χ0v) is 14.5. The molecule has 0 saturated carbocycles. The number of hydrogen-bond acceptors (Lipinski definition) is 5. The Kier molecular flexibility index (Phi) is 6.55. The van der Waals surface area contributed by atoms with Crippen LogP contribution in [-0.2, 0) is 10.0 Å². The molecule has 1 fully saturated rings. The van der Waals surface area contributed by atoms with Crippen molar-refractivity contribution in [1.82, 2.24) is 9.80 Å². The van der Waals surface area contributed by atoms with Gasteiger partial charge in [-0.1, -0.05) is 30.3 Å². The van der Waals surface area contributed by atoms with Gasteiger partial charge in [-0.25, -0.2) is 13.6 Å². The Bertz CT molecular complexity index is 579. The molecule has 2 rings (SSSR count). The lowest BCUT2D eigenvalue weighted by Crippen LogP contribution is -2.53. The van der Waals surface area contributed by atoms with Gasteiger partial charge in [0.25, 0.3) is 0 Å². The van der Waals surface area contributed by atoms with Gasteiger partial charge in [0.05, 0.1) is 11.9 Å². The number of β-amino-alcohol motifs (C(OH)–C–C–N with tert-alkyl or cyclic N) is 1. The maximum atomic E-state index is 11.0. The Balaban J connectivity index is 1.78. The van der Waals surface area contributed by atoms with E-state index >= 15 is 0 Å². The van der Waals surface area contributed by atoms with Crippen molar-refractivity contribution < 1.29 is 13.5 Å². The number of sulfonamides is 1. The minimum Gasteiger partial charge on any atom is -0.387 e. The SMILES string of the molecule is CC1CN(CCCS(N)(=O)=O)CCN1CC(O)c1ccccc1. The summed E-state index contributed by atoms with van der Waals surface area (Å²) < 4.78 is 21.9.